The van der Waals surface area contributed by atoms with Gasteiger partial charge in [0, 0.05) is 12.6 Å². The molecule has 2 N–H and O–H groups in total. The number of amides is 1. The number of halogens is 1. The summed E-state index contributed by atoms with van der Waals surface area (Å²) < 4.78 is 13.0. The van der Waals surface area contributed by atoms with Crippen LogP contribution < -0.4 is 5.32 Å². The first-order valence-electron chi connectivity index (χ1n) is 6.58. The van der Waals surface area contributed by atoms with Crippen LogP contribution in [0.4, 0.5) is 4.39 Å². The number of benzene rings is 2. The summed E-state index contributed by atoms with van der Waals surface area (Å²) in [7, 11) is 0. The number of carbonyl (C=O) groups is 2. The summed E-state index contributed by atoms with van der Waals surface area (Å²) in [6, 6.07) is 12.2. The molecule has 0 saturated heterocycles. The Morgan fingerprint density at radius 2 is 1.91 bits per heavy atom. The molecule has 0 spiro atoms. The van der Waals surface area contributed by atoms with Crippen molar-refractivity contribution in [3.63, 3.8) is 0 Å². The molecule has 2 aromatic carbocycles. The molecule has 22 heavy (non-hydrogen) atoms. The lowest BCUT2D eigenvalue weighted by Gasteiger charge is -2.03. The number of rotatable bonds is 5. The molecule has 0 aliphatic carbocycles. The van der Waals surface area contributed by atoms with Gasteiger partial charge in [0.05, 0.1) is 5.56 Å². The van der Waals surface area contributed by atoms with E-state index in [2.05, 4.69) is 5.32 Å². The highest BCUT2D eigenvalue weighted by molar-refractivity contribution is 5.91. The van der Waals surface area contributed by atoms with Crippen LogP contribution in [0.2, 0.25) is 0 Å². The van der Waals surface area contributed by atoms with E-state index in [4.69, 9.17) is 5.11 Å². The average molecular weight is 299 g/mol. The lowest BCUT2D eigenvalue weighted by molar-refractivity contribution is -0.116. The Morgan fingerprint density at radius 3 is 2.64 bits per heavy atom. The van der Waals surface area contributed by atoms with Crippen molar-refractivity contribution >= 4 is 18.0 Å². The van der Waals surface area contributed by atoms with Crippen molar-refractivity contribution in [3.05, 3.63) is 77.1 Å². The van der Waals surface area contributed by atoms with Gasteiger partial charge in [-0.3, -0.25) is 4.79 Å². The smallest absolute Gasteiger partial charge is 0.335 e. The van der Waals surface area contributed by atoms with Gasteiger partial charge in [-0.2, -0.15) is 0 Å². The van der Waals surface area contributed by atoms with E-state index in [9.17, 15) is 14.0 Å². The molecule has 0 saturated carbocycles. The first-order valence-corrected chi connectivity index (χ1v) is 6.58. The van der Waals surface area contributed by atoms with Crippen molar-refractivity contribution in [2.45, 2.75) is 6.54 Å². The van der Waals surface area contributed by atoms with Crippen molar-refractivity contribution in [3.8, 4) is 0 Å². The molecule has 0 bridgehead atoms. The maximum atomic E-state index is 13.0. The van der Waals surface area contributed by atoms with Crippen molar-refractivity contribution in [1.82, 2.24) is 5.32 Å². The normalized spacial score (nSPS) is 10.6. The molecule has 0 aromatic heterocycles. The molecule has 0 fully saturated rings. The molecule has 0 radical (unpaired) electrons. The Labute approximate surface area is 126 Å². The SMILES string of the molecule is O=C(/C=C/c1cccc(F)c1)NCc1cccc(C(=O)O)c1. The van der Waals surface area contributed by atoms with Crippen molar-refractivity contribution in [2.24, 2.45) is 0 Å². The highest BCUT2D eigenvalue weighted by Gasteiger charge is 2.03. The molecular formula is C17H14FNO3. The van der Waals surface area contributed by atoms with Crippen molar-refractivity contribution in [1.29, 1.82) is 0 Å². The van der Waals surface area contributed by atoms with Gasteiger partial charge >= 0.3 is 5.97 Å². The van der Waals surface area contributed by atoms with E-state index in [1.165, 1.54) is 36.4 Å². The maximum absolute atomic E-state index is 13.0. The van der Waals surface area contributed by atoms with Crippen LogP contribution >= 0.6 is 0 Å². The molecule has 0 atom stereocenters. The zero-order valence-electron chi connectivity index (χ0n) is 11.6. The number of carboxylic acid groups (broad SMARTS) is 1. The quantitative estimate of drug-likeness (QED) is 0.834. The Balaban J connectivity index is 1.93. The summed E-state index contributed by atoms with van der Waals surface area (Å²) in [6.07, 6.45) is 2.81. The minimum atomic E-state index is -1.01. The number of carbonyl (C=O) groups excluding carboxylic acids is 1. The van der Waals surface area contributed by atoms with E-state index in [0.717, 1.165) is 0 Å². The third kappa shape index (κ3) is 4.56. The number of carboxylic acids is 1. The largest absolute Gasteiger partial charge is 0.478 e. The molecule has 4 nitrogen and oxygen atoms in total. The summed E-state index contributed by atoms with van der Waals surface area (Å²) in [6.45, 7) is 0.216. The van der Waals surface area contributed by atoms with Gasteiger partial charge in [-0.05, 0) is 41.5 Å². The molecule has 5 heteroatoms. The van der Waals surface area contributed by atoms with E-state index >= 15 is 0 Å². The first kappa shape index (κ1) is 15.4. The van der Waals surface area contributed by atoms with Crippen LogP contribution in [0, 0.1) is 5.82 Å². The predicted molar refractivity (Wildman–Crippen MR) is 80.7 cm³/mol. The summed E-state index contributed by atoms with van der Waals surface area (Å²) in [5.41, 5.74) is 1.44. The van der Waals surface area contributed by atoms with Crippen LogP contribution in [0.5, 0.6) is 0 Å². The predicted octanol–water partition coefficient (Wildman–Crippen LogP) is 2.85. The van der Waals surface area contributed by atoms with Crippen LogP contribution in [0.15, 0.2) is 54.6 Å². The molecule has 0 aliphatic heterocycles. The van der Waals surface area contributed by atoms with Crippen LogP contribution in [-0.4, -0.2) is 17.0 Å². The van der Waals surface area contributed by atoms with E-state index in [0.29, 0.717) is 11.1 Å². The molecule has 2 rings (SSSR count). The van der Waals surface area contributed by atoms with Gasteiger partial charge in [0.1, 0.15) is 5.82 Å². The highest BCUT2D eigenvalue weighted by atomic mass is 19.1. The topological polar surface area (TPSA) is 66.4 Å². The number of hydrogen-bond donors (Lipinski definition) is 2. The second kappa shape index (κ2) is 7.17. The van der Waals surface area contributed by atoms with Crippen LogP contribution in [0.25, 0.3) is 6.08 Å². The minimum absolute atomic E-state index is 0.169. The van der Waals surface area contributed by atoms with Crippen LogP contribution in [0.1, 0.15) is 21.5 Å². The molecule has 0 aliphatic rings. The zero-order chi connectivity index (χ0) is 15.9. The summed E-state index contributed by atoms with van der Waals surface area (Å²) in [5.74, 6) is -1.72. The first-order chi connectivity index (χ1) is 10.5. The van der Waals surface area contributed by atoms with E-state index in [1.807, 2.05) is 0 Å². The van der Waals surface area contributed by atoms with Crippen LogP contribution in [-0.2, 0) is 11.3 Å². The number of hydrogen-bond acceptors (Lipinski definition) is 2. The van der Waals surface area contributed by atoms with Gasteiger partial charge in [0.15, 0.2) is 0 Å². The Morgan fingerprint density at radius 1 is 1.14 bits per heavy atom. The summed E-state index contributed by atoms with van der Waals surface area (Å²) in [5, 5.41) is 11.5. The van der Waals surface area contributed by atoms with E-state index in [-0.39, 0.29) is 23.8 Å². The highest BCUT2D eigenvalue weighted by Crippen LogP contribution is 2.06. The fraction of sp³-hybridized carbons (Fsp3) is 0.0588. The lowest BCUT2D eigenvalue weighted by Crippen LogP contribution is -2.20. The Kier molecular flexibility index (Phi) is 5.03. The second-order valence-electron chi connectivity index (χ2n) is 4.61. The molecule has 0 heterocycles. The van der Waals surface area contributed by atoms with Crippen molar-refractivity contribution in [2.75, 3.05) is 0 Å². The third-order valence-corrected chi connectivity index (χ3v) is 2.92. The molecule has 112 valence electrons. The molecule has 2 aromatic rings. The van der Waals surface area contributed by atoms with E-state index in [1.54, 1.807) is 24.3 Å². The minimum Gasteiger partial charge on any atom is -0.478 e. The fourth-order valence-corrected chi connectivity index (χ4v) is 1.84. The van der Waals surface area contributed by atoms with Gasteiger partial charge < -0.3 is 10.4 Å². The Bertz CT molecular complexity index is 725. The summed E-state index contributed by atoms with van der Waals surface area (Å²) in [4.78, 5) is 22.5. The van der Waals surface area contributed by atoms with Gasteiger partial charge in [-0.25, -0.2) is 9.18 Å². The maximum Gasteiger partial charge on any atom is 0.335 e. The Hall–Kier alpha value is -2.95. The summed E-state index contributed by atoms with van der Waals surface area (Å²) >= 11 is 0. The molecule has 0 unspecified atom stereocenters. The standard InChI is InChI=1S/C17H14FNO3/c18-15-6-2-3-12(10-15)7-8-16(20)19-11-13-4-1-5-14(9-13)17(21)22/h1-10H,11H2,(H,19,20)(H,21,22)/b8-7+. The number of aromatic carboxylic acids is 1. The number of nitrogens with one attached hydrogen (secondary N) is 1. The zero-order valence-corrected chi connectivity index (χ0v) is 11.6. The average Bonchev–Trinajstić information content (AvgIpc) is 2.51. The second-order valence-corrected chi connectivity index (χ2v) is 4.61. The van der Waals surface area contributed by atoms with Crippen molar-refractivity contribution < 1.29 is 19.1 Å². The van der Waals surface area contributed by atoms with Crippen LogP contribution in [0.3, 0.4) is 0 Å². The van der Waals surface area contributed by atoms with Gasteiger partial charge in [-0.1, -0.05) is 24.3 Å². The molecular weight excluding hydrogens is 285 g/mol. The fourth-order valence-electron chi connectivity index (χ4n) is 1.84. The monoisotopic (exact) mass is 299 g/mol. The molecule has 1 amide bonds. The van der Waals surface area contributed by atoms with E-state index < -0.39 is 5.97 Å². The van der Waals surface area contributed by atoms with Gasteiger partial charge in [0.25, 0.3) is 0 Å². The lowest BCUT2D eigenvalue weighted by atomic mass is 10.1. The van der Waals surface area contributed by atoms with Gasteiger partial charge in [-0.15, -0.1) is 0 Å². The van der Waals surface area contributed by atoms with Gasteiger partial charge in [0.2, 0.25) is 5.91 Å². The third-order valence-electron chi connectivity index (χ3n) is 2.92.